The van der Waals surface area contributed by atoms with E-state index in [1.165, 1.54) is 12.1 Å². The molecule has 1 aliphatic carbocycles. The Labute approximate surface area is 199 Å². The van der Waals surface area contributed by atoms with Crippen LogP contribution in [0.1, 0.15) is 60.5 Å². The number of amides is 2. The first-order valence-electron chi connectivity index (χ1n) is 11.5. The van der Waals surface area contributed by atoms with Gasteiger partial charge in [0, 0.05) is 5.69 Å². The van der Waals surface area contributed by atoms with Crippen molar-refractivity contribution in [3.63, 3.8) is 0 Å². The summed E-state index contributed by atoms with van der Waals surface area (Å²) in [6, 6.07) is 4.87. The number of hydrogen-bond donors (Lipinski definition) is 4. The molecule has 1 saturated heterocycles. The lowest BCUT2D eigenvalue weighted by Crippen LogP contribution is -2.53. The van der Waals surface area contributed by atoms with E-state index in [1.807, 2.05) is 6.07 Å². The molecule has 35 heavy (non-hydrogen) atoms. The monoisotopic (exact) mass is 493 g/mol. The molecule has 188 valence electrons. The van der Waals surface area contributed by atoms with Crippen molar-refractivity contribution in [1.29, 1.82) is 0 Å². The number of halogens is 4. The van der Waals surface area contributed by atoms with Gasteiger partial charge in [-0.2, -0.15) is 13.2 Å². The zero-order valence-electron chi connectivity index (χ0n) is 19.1. The Bertz CT molecular complexity index is 1120. The molecule has 0 unspecified atom stereocenters. The third-order valence-electron chi connectivity index (χ3n) is 6.64. The van der Waals surface area contributed by atoms with E-state index < -0.39 is 41.5 Å². The Morgan fingerprint density at radius 3 is 2.69 bits per heavy atom. The van der Waals surface area contributed by atoms with Gasteiger partial charge in [-0.15, -0.1) is 0 Å². The summed E-state index contributed by atoms with van der Waals surface area (Å²) in [6.45, 7) is 1.88. The molecule has 1 fully saturated rings. The number of nitrogen functional groups attached to an aromatic ring is 1. The highest BCUT2D eigenvalue weighted by molar-refractivity contribution is 5.89. The van der Waals surface area contributed by atoms with Crippen LogP contribution in [-0.4, -0.2) is 35.4 Å². The minimum absolute atomic E-state index is 0.0564. The van der Waals surface area contributed by atoms with Crippen molar-refractivity contribution in [1.82, 2.24) is 20.9 Å². The number of fused-ring (bicyclic) bond motifs is 1. The first kappa shape index (κ1) is 24.9. The summed E-state index contributed by atoms with van der Waals surface area (Å²) in [5.74, 6) is -2.28. The molecule has 7 nitrogen and oxygen atoms in total. The third-order valence-corrected chi connectivity index (χ3v) is 6.64. The van der Waals surface area contributed by atoms with Crippen molar-refractivity contribution in [2.45, 2.75) is 62.8 Å². The topological polar surface area (TPSA) is 109 Å². The van der Waals surface area contributed by atoms with E-state index in [4.69, 9.17) is 5.73 Å². The predicted octanol–water partition coefficient (Wildman–Crippen LogP) is 2.97. The Morgan fingerprint density at radius 2 is 1.94 bits per heavy atom. The van der Waals surface area contributed by atoms with E-state index in [2.05, 4.69) is 20.9 Å². The summed E-state index contributed by atoms with van der Waals surface area (Å²) in [6.07, 6.45) is -2.94. The molecule has 5 N–H and O–H groups in total. The molecular weight excluding hydrogens is 466 g/mol. The van der Waals surface area contributed by atoms with Gasteiger partial charge in [-0.05, 0) is 68.3 Å². The maximum absolute atomic E-state index is 14.6. The number of rotatable bonds is 5. The molecule has 2 aromatic rings. The largest absolute Gasteiger partial charge is 0.419 e. The standard InChI is InChI=1S/C24H27F4N5O2/c1-12(22(34)33-18-7-6-17-15(18)5-8-20(29)32-17)31-23(35)19-11-13(9-10-30-19)14-3-2-4-16(21(14)25)24(26,27)28/h2-5,8,12-13,18-19,30H,6-7,9-11H2,1H3,(H2,29,32)(H,31,35)(H,33,34)/t12-,13-,18+,19+/m0/s1. The maximum Gasteiger partial charge on any atom is 0.419 e. The molecule has 1 aliphatic heterocycles. The number of anilines is 1. The van der Waals surface area contributed by atoms with Crippen molar-refractivity contribution >= 4 is 17.6 Å². The quantitative estimate of drug-likeness (QED) is 0.479. The van der Waals surface area contributed by atoms with Crippen LogP contribution in [-0.2, 0) is 22.2 Å². The number of alkyl halides is 3. The lowest BCUT2D eigenvalue weighted by Gasteiger charge is -2.31. The van der Waals surface area contributed by atoms with Crippen molar-refractivity contribution in [3.8, 4) is 0 Å². The number of benzene rings is 1. The molecule has 2 heterocycles. The normalized spacial score (nSPS) is 22.8. The lowest BCUT2D eigenvalue weighted by atomic mass is 9.85. The minimum atomic E-state index is -4.80. The van der Waals surface area contributed by atoms with E-state index in [-0.39, 0.29) is 23.9 Å². The number of nitrogens with two attached hydrogens (primary N) is 1. The fraction of sp³-hybridized carbons (Fsp3) is 0.458. The number of pyridine rings is 1. The maximum atomic E-state index is 14.6. The highest BCUT2D eigenvalue weighted by atomic mass is 19.4. The van der Waals surface area contributed by atoms with Gasteiger partial charge >= 0.3 is 6.18 Å². The molecule has 2 aliphatic rings. The van der Waals surface area contributed by atoms with Gasteiger partial charge in [0.2, 0.25) is 11.8 Å². The Balaban J connectivity index is 1.37. The lowest BCUT2D eigenvalue weighted by molar-refractivity contribution is -0.140. The van der Waals surface area contributed by atoms with Crippen molar-refractivity contribution < 1.29 is 27.2 Å². The van der Waals surface area contributed by atoms with Crippen LogP contribution in [0.15, 0.2) is 30.3 Å². The molecule has 0 radical (unpaired) electrons. The van der Waals surface area contributed by atoms with Crippen LogP contribution in [0.4, 0.5) is 23.4 Å². The number of hydrogen-bond acceptors (Lipinski definition) is 5. The van der Waals surface area contributed by atoms with Crippen molar-refractivity contribution in [2.75, 3.05) is 12.3 Å². The summed E-state index contributed by atoms with van der Waals surface area (Å²) < 4.78 is 53.9. The molecule has 0 bridgehead atoms. The molecule has 4 atom stereocenters. The second-order valence-electron chi connectivity index (χ2n) is 9.04. The van der Waals surface area contributed by atoms with Gasteiger partial charge in [-0.3, -0.25) is 9.59 Å². The van der Waals surface area contributed by atoms with Crippen LogP contribution >= 0.6 is 0 Å². The zero-order chi connectivity index (χ0) is 25.3. The first-order valence-corrected chi connectivity index (χ1v) is 11.5. The average molecular weight is 494 g/mol. The second kappa shape index (κ2) is 9.80. The van der Waals surface area contributed by atoms with E-state index in [9.17, 15) is 27.2 Å². The van der Waals surface area contributed by atoms with E-state index in [0.29, 0.717) is 37.7 Å². The average Bonchev–Trinajstić information content (AvgIpc) is 3.19. The summed E-state index contributed by atoms with van der Waals surface area (Å²) in [5, 5.41) is 8.58. The molecule has 1 aromatic carbocycles. The molecule has 11 heteroatoms. The minimum Gasteiger partial charge on any atom is -0.384 e. The zero-order valence-corrected chi connectivity index (χ0v) is 19.1. The number of aryl methyl sites for hydroxylation is 1. The van der Waals surface area contributed by atoms with E-state index in [0.717, 1.165) is 11.3 Å². The van der Waals surface area contributed by atoms with Gasteiger partial charge in [-0.1, -0.05) is 18.2 Å². The number of piperidine rings is 1. The van der Waals surface area contributed by atoms with Crippen molar-refractivity contribution in [3.05, 3.63) is 58.5 Å². The van der Waals surface area contributed by atoms with E-state index in [1.54, 1.807) is 13.0 Å². The first-order chi connectivity index (χ1) is 16.5. The van der Waals surface area contributed by atoms with Gasteiger partial charge in [0.15, 0.2) is 0 Å². The van der Waals surface area contributed by atoms with Gasteiger partial charge < -0.3 is 21.7 Å². The van der Waals surface area contributed by atoms with Gasteiger partial charge in [0.25, 0.3) is 0 Å². The third kappa shape index (κ3) is 5.39. The Morgan fingerprint density at radius 1 is 1.17 bits per heavy atom. The number of aromatic nitrogens is 1. The Hall–Kier alpha value is -3.21. The van der Waals surface area contributed by atoms with Crippen LogP contribution in [0, 0.1) is 5.82 Å². The van der Waals surface area contributed by atoms with Gasteiger partial charge in [-0.25, -0.2) is 9.37 Å². The summed E-state index contributed by atoms with van der Waals surface area (Å²) >= 11 is 0. The molecule has 2 amide bonds. The summed E-state index contributed by atoms with van der Waals surface area (Å²) in [4.78, 5) is 29.8. The highest BCUT2D eigenvalue weighted by Crippen LogP contribution is 2.37. The van der Waals surface area contributed by atoms with E-state index >= 15 is 0 Å². The molecule has 4 rings (SSSR count). The second-order valence-corrected chi connectivity index (χ2v) is 9.04. The van der Waals surface area contributed by atoms with Gasteiger partial charge in [0.1, 0.15) is 17.7 Å². The van der Waals surface area contributed by atoms with Crippen LogP contribution in [0.3, 0.4) is 0 Å². The molecular formula is C24H27F4N5O2. The number of nitrogens with one attached hydrogen (secondary N) is 3. The van der Waals surface area contributed by atoms with Crippen LogP contribution in [0.25, 0.3) is 0 Å². The van der Waals surface area contributed by atoms with Crippen LogP contribution in [0.2, 0.25) is 0 Å². The smallest absolute Gasteiger partial charge is 0.384 e. The van der Waals surface area contributed by atoms with Crippen LogP contribution < -0.4 is 21.7 Å². The molecule has 1 aromatic heterocycles. The predicted molar refractivity (Wildman–Crippen MR) is 121 cm³/mol. The Kier molecular flexibility index (Phi) is 6.98. The fourth-order valence-corrected chi connectivity index (χ4v) is 4.79. The van der Waals surface area contributed by atoms with Crippen LogP contribution in [0.5, 0.6) is 0 Å². The van der Waals surface area contributed by atoms with Crippen molar-refractivity contribution in [2.24, 2.45) is 0 Å². The highest BCUT2D eigenvalue weighted by Gasteiger charge is 2.37. The molecule has 0 spiro atoms. The fourth-order valence-electron chi connectivity index (χ4n) is 4.79. The molecule has 0 saturated carbocycles. The number of nitrogens with zero attached hydrogens (tertiary/aromatic N) is 1. The SMILES string of the molecule is C[C@H](NC(=O)[C@H]1C[C@@H](c2cccc(C(F)(F)F)c2F)CCN1)C(=O)N[C@@H]1CCc2nc(N)ccc21. The number of carbonyl (C=O) groups is 2. The summed E-state index contributed by atoms with van der Waals surface area (Å²) in [7, 11) is 0. The van der Waals surface area contributed by atoms with Gasteiger partial charge in [0.05, 0.1) is 17.6 Å². The summed E-state index contributed by atoms with van der Waals surface area (Å²) in [5.41, 5.74) is 6.07. The number of carbonyl (C=O) groups excluding carboxylic acids is 2.